The number of para-hydroxylation sites is 1. The van der Waals surface area contributed by atoms with E-state index >= 15 is 0 Å². The number of terminal acetylenes is 1. The van der Waals surface area contributed by atoms with Gasteiger partial charge in [-0.05, 0) is 19.0 Å². The van der Waals surface area contributed by atoms with Gasteiger partial charge in [-0.3, -0.25) is 0 Å². The lowest BCUT2D eigenvalue weighted by atomic mass is 10.2. The minimum Gasteiger partial charge on any atom is -0.481 e. The molecule has 1 aromatic rings. The summed E-state index contributed by atoms with van der Waals surface area (Å²) in [7, 11) is -3.38. The highest BCUT2D eigenvalue weighted by Gasteiger charge is 2.03. The summed E-state index contributed by atoms with van der Waals surface area (Å²) in [5.74, 6) is 3.13. The Hall–Kier alpha value is -1.55. The summed E-state index contributed by atoms with van der Waals surface area (Å²) in [5, 5.41) is 8.05. The predicted octanol–water partition coefficient (Wildman–Crippen LogP) is 0.467. The van der Waals surface area contributed by atoms with Crippen LogP contribution in [0.25, 0.3) is 0 Å². The smallest absolute Gasteiger partial charge is 0.209 e. The van der Waals surface area contributed by atoms with Crippen molar-refractivity contribution in [2.75, 3.05) is 18.9 Å². The molecule has 0 aliphatic carbocycles. The number of hydrogen-bond donors (Lipinski definition) is 2. The van der Waals surface area contributed by atoms with Crippen LogP contribution in [0.15, 0.2) is 24.3 Å². The number of primary sulfonamides is 1. The molecule has 104 valence electrons. The van der Waals surface area contributed by atoms with Crippen LogP contribution in [0, 0.1) is 12.3 Å². The Kier molecular flexibility index (Phi) is 6.36. The lowest BCUT2D eigenvalue weighted by Gasteiger charge is -2.10. The number of ether oxygens (including phenoxy) is 1. The van der Waals surface area contributed by atoms with Gasteiger partial charge in [0.15, 0.2) is 0 Å². The second-order valence-electron chi connectivity index (χ2n) is 4.00. The lowest BCUT2D eigenvalue weighted by Crippen LogP contribution is -2.22. The number of sulfonamides is 1. The third kappa shape index (κ3) is 6.82. The highest BCUT2D eigenvalue weighted by molar-refractivity contribution is 7.89. The van der Waals surface area contributed by atoms with E-state index in [0.29, 0.717) is 19.5 Å². The van der Waals surface area contributed by atoms with Crippen molar-refractivity contribution in [2.24, 2.45) is 5.14 Å². The van der Waals surface area contributed by atoms with Crippen molar-refractivity contribution in [3.63, 3.8) is 0 Å². The van der Waals surface area contributed by atoms with Crippen molar-refractivity contribution in [1.82, 2.24) is 5.32 Å². The van der Waals surface area contributed by atoms with Crippen LogP contribution in [-0.4, -0.2) is 27.3 Å². The fraction of sp³-hybridized carbons (Fsp3) is 0.385. The summed E-state index contributed by atoms with van der Waals surface area (Å²) in [6.07, 6.45) is 5.63. The molecule has 1 aromatic carbocycles. The van der Waals surface area contributed by atoms with Crippen LogP contribution in [0.3, 0.4) is 0 Å². The Morgan fingerprint density at radius 2 is 2.11 bits per heavy atom. The largest absolute Gasteiger partial charge is 0.481 e. The van der Waals surface area contributed by atoms with E-state index in [2.05, 4.69) is 11.2 Å². The molecule has 6 heteroatoms. The van der Waals surface area contributed by atoms with Gasteiger partial charge in [-0.25, -0.2) is 13.6 Å². The number of hydrogen-bond acceptors (Lipinski definition) is 4. The summed E-state index contributed by atoms with van der Waals surface area (Å²) in [5.41, 5.74) is 0.980. The molecule has 0 saturated carbocycles. The maximum atomic E-state index is 10.7. The first-order chi connectivity index (χ1) is 9.03. The fourth-order valence-corrected chi connectivity index (χ4v) is 2.08. The van der Waals surface area contributed by atoms with Gasteiger partial charge in [0.1, 0.15) is 12.4 Å². The van der Waals surface area contributed by atoms with E-state index in [4.69, 9.17) is 16.3 Å². The molecule has 0 saturated heterocycles. The van der Waals surface area contributed by atoms with Crippen molar-refractivity contribution in [3.8, 4) is 18.1 Å². The second kappa shape index (κ2) is 7.79. The van der Waals surface area contributed by atoms with Crippen LogP contribution in [0.4, 0.5) is 0 Å². The summed E-state index contributed by atoms with van der Waals surface area (Å²) < 4.78 is 26.9. The molecule has 0 radical (unpaired) electrons. The molecule has 0 amide bonds. The molecular weight excluding hydrogens is 264 g/mol. The van der Waals surface area contributed by atoms with Crippen LogP contribution in [0.1, 0.15) is 12.0 Å². The molecule has 0 aliphatic heterocycles. The minimum absolute atomic E-state index is 0.0186. The molecule has 0 fully saturated rings. The van der Waals surface area contributed by atoms with E-state index in [0.717, 1.165) is 11.3 Å². The zero-order valence-electron chi connectivity index (χ0n) is 10.6. The number of nitrogens with one attached hydrogen (secondary N) is 1. The van der Waals surface area contributed by atoms with E-state index in [1.165, 1.54) is 0 Å². The Morgan fingerprint density at radius 3 is 2.79 bits per heavy atom. The van der Waals surface area contributed by atoms with Gasteiger partial charge >= 0.3 is 0 Å². The maximum absolute atomic E-state index is 10.7. The monoisotopic (exact) mass is 282 g/mol. The summed E-state index contributed by atoms with van der Waals surface area (Å²) in [6, 6.07) is 7.55. The van der Waals surface area contributed by atoms with Gasteiger partial charge in [-0.2, -0.15) is 0 Å². The van der Waals surface area contributed by atoms with Crippen molar-refractivity contribution in [1.29, 1.82) is 0 Å². The number of nitrogens with two attached hydrogens (primary N) is 1. The average molecular weight is 282 g/mol. The van der Waals surface area contributed by atoms with Crippen molar-refractivity contribution < 1.29 is 13.2 Å². The Morgan fingerprint density at radius 1 is 1.37 bits per heavy atom. The number of benzene rings is 1. The second-order valence-corrected chi connectivity index (χ2v) is 5.73. The van der Waals surface area contributed by atoms with Gasteiger partial charge in [-0.1, -0.05) is 24.1 Å². The molecule has 0 bridgehead atoms. The van der Waals surface area contributed by atoms with Gasteiger partial charge in [0, 0.05) is 12.1 Å². The predicted molar refractivity (Wildman–Crippen MR) is 75.1 cm³/mol. The van der Waals surface area contributed by atoms with Gasteiger partial charge in [0.25, 0.3) is 0 Å². The Balaban J connectivity index is 2.38. The topological polar surface area (TPSA) is 81.4 Å². The standard InChI is InChI=1S/C13H18N2O3S/c1-2-9-18-13-7-4-3-6-12(13)11-15-8-5-10-19(14,16)17/h1,3-4,6-7,15H,5,8-11H2,(H2,14,16,17). The molecule has 0 unspecified atom stereocenters. The summed E-state index contributed by atoms with van der Waals surface area (Å²) in [4.78, 5) is 0. The third-order valence-corrected chi connectivity index (χ3v) is 3.24. The van der Waals surface area contributed by atoms with Gasteiger partial charge in [0.05, 0.1) is 5.75 Å². The van der Waals surface area contributed by atoms with Gasteiger partial charge in [-0.15, -0.1) is 6.42 Å². The minimum atomic E-state index is -3.38. The molecule has 0 aliphatic rings. The van der Waals surface area contributed by atoms with Crippen molar-refractivity contribution in [3.05, 3.63) is 29.8 Å². The van der Waals surface area contributed by atoms with Crippen molar-refractivity contribution in [2.45, 2.75) is 13.0 Å². The zero-order chi connectivity index (χ0) is 14.1. The van der Waals surface area contributed by atoms with Crippen molar-refractivity contribution >= 4 is 10.0 Å². The molecular formula is C13H18N2O3S. The van der Waals surface area contributed by atoms with E-state index < -0.39 is 10.0 Å². The zero-order valence-corrected chi connectivity index (χ0v) is 11.4. The highest BCUT2D eigenvalue weighted by Crippen LogP contribution is 2.17. The first-order valence-electron chi connectivity index (χ1n) is 5.88. The lowest BCUT2D eigenvalue weighted by molar-refractivity contribution is 0.365. The Labute approximate surface area is 114 Å². The van der Waals surface area contributed by atoms with Crippen LogP contribution >= 0.6 is 0 Å². The van der Waals surface area contributed by atoms with Crippen LogP contribution in [0.5, 0.6) is 5.75 Å². The Bertz CT molecular complexity index is 535. The normalized spacial score (nSPS) is 10.9. The first kappa shape index (κ1) is 15.5. The molecule has 19 heavy (non-hydrogen) atoms. The molecule has 0 aromatic heterocycles. The third-order valence-electron chi connectivity index (χ3n) is 2.38. The van der Waals surface area contributed by atoms with Crippen LogP contribution in [-0.2, 0) is 16.6 Å². The SMILES string of the molecule is C#CCOc1ccccc1CNCCCS(N)(=O)=O. The van der Waals surface area contributed by atoms with Crippen LogP contribution < -0.4 is 15.2 Å². The van der Waals surface area contributed by atoms with Gasteiger partial charge < -0.3 is 10.1 Å². The van der Waals surface area contributed by atoms with E-state index in [-0.39, 0.29) is 12.4 Å². The van der Waals surface area contributed by atoms with Crippen LogP contribution in [0.2, 0.25) is 0 Å². The molecule has 0 heterocycles. The fourth-order valence-electron chi connectivity index (χ4n) is 1.53. The first-order valence-corrected chi connectivity index (χ1v) is 7.60. The molecule has 0 spiro atoms. The highest BCUT2D eigenvalue weighted by atomic mass is 32.2. The molecule has 5 nitrogen and oxygen atoms in total. The molecule has 3 N–H and O–H groups in total. The van der Waals surface area contributed by atoms with E-state index in [1.807, 2.05) is 24.3 Å². The maximum Gasteiger partial charge on any atom is 0.209 e. The molecule has 0 atom stereocenters. The quantitative estimate of drug-likeness (QED) is 0.536. The van der Waals surface area contributed by atoms with E-state index in [1.54, 1.807) is 0 Å². The average Bonchev–Trinajstić information content (AvgIpc) is 2.36. The summed E-state index contributed by atoms with van der Waals surface area (Å²) >= 11 is 0. The number of rotatable bonds is 8. The van der Waals surface area contributed by atoms with E-state index in [9.17, 15) is 8.42 Å². The molecule has 1 rings (SSSR count). The van der Waals surface area contributed by atoms with Gasteiger partial charge in [0.2, 0.25) is 10.0 Å². The summed E-state index contributed by atoms with van der Waals surface area (Å²) in [6.45, 7) is 1.38.